The van der Waals surface area contributed by atoms with E-state index < -0.39 is 5.97 Å². The lowest BCUT2D eigenvalue weighted by molar-refractivity contribution is -0.123. The Kier molecular flexibility index (Phi) is 5.71. The van der Waals surface area contributed by atoms with E-state index in [-0.39, 0.29) is 33.2 Å². The topological polar surface area (TPSA) is 87.8 Å². The number of thioether (sulfide) groups is 1. The van der Waals surface area contributed by atoms with Crippen LogP contribution in [0.1, 0.15) is 27.2 Å². The fraction of sp³-hybridized carbons (Fsp3) is 0.0870. The predicted octanol–water partition coefficient (Wildman–Crippen LogP) is 5.84. The molecule has 31 heavy (non-hydrogen) atoms. The molecule has 6 nitrogen and oxygen atoms in total. The van der Waals surface area contributed by atoms with Crippen LogP contribution in [0.25, 0.3) is 17.4 Å². The molecule has 2 amide bonds. The standard InChI is InChI=1S/C23H16ClNO5S/c1-13-3-2-4-14(9-13)12-25-21(26)20(31-23(25)29)11-16-6-8-19(30-16)15-5-7-18(24)17(10-15)22(27)28/h2-11H,12H2,1H3,(H,27,28)/b20-11+. The van der Waals surface area contributed by atoms with Crippen molar-refractivity contribution >= 4 is 46.6 Å². The van der Waals surface area contributed by atoms with E-state index in [2.05, 4.69) is 0 Å². The Hall–Kier alpha value is -3.29. The summed E-state index contributed by atoms with van der Waals surface area (Å²) in [6.07, 6.45) is 1.51. The Morgan fingerprint density at radius 3 is 2.71 bits per heavy atom. The molecule has 2 aromatic carbocycles. The van der Waals surface area contributed by atoms with Crippen molar-refractivity contribution in [2.45, 2.75) is 13.5 Å². The predicted molar refractivity (Wildman–Crippen MR) is 119 cm³/mol. The van der Waals surface area contributed by atoms with Gasteiger partial charge in [-0.3, -0.25) is 14.5 Å². The highest BCUT2D eigenvalue weighted by molar-refractivity contribution is 8.18. The number of halogens is 1. The third-order valence-corrected chi connectivity index (χ3v) is 5.92. The smallest absolute Gasteiger partial charge is 0.337 e. The van der Waals surface area contributed by atoms with Crippen LogP contribution in [0.3, 0.4) is 0 Å². The number of aryl methyl sites for hydroxylation is 1. The number of hydrogen-bond acceptors (Lipinski definition) is 5. The summed E-state index contributed by atoms with van der Waals surface area (Å²) in [6.45, 7) is 2.15. The van der Waals surface area contributed by atoms with Gasteiger partial charge in [0.25, 0.3) is 11.1 Å². The van der Waals surface area contributed by atoms with Crippen LogP contribution < -0.4 is 0 Å². The quantitative estimate of drug-likeness (QED) is 0.488. The van der Waals surface area contributed by atoms with Crippen LogP contribution in [0.2, 0.25) is 5.02 Å². The van der Waals surface area contributed by atoms with Crippen LogP contribution >= 0.6 is 23.4 Å². The van der Waals surface area contributed by atoms with Crippen molar-refractivity contribution in [3.8, 4) is 11.3 Å². The molecule has 1 aliphatic rings. The fourth-order valence-electron chi connectivity index (χ4n) is 3.19. The highest BCUT2D eigenvalue weighted by Crippen LogP contribution is 2.34. The van der Waals surface area contributed by atoms with Crippen LogP contribution in [0, 0.1) is 6.92 Å². The van der Waals surface area contributed by atoms with Crippen LogP contribution in [0.4, 0.5) is 4.79 Å². The Labute approximate surface area is 187 Å². The summed E-state index contributed by atoms with van der Waals surface area (Å²) in [5, 5.41) is 9.02. The highest BCUT2D eigenvalue weighted by Gasteiger charge is 2.35. The molecule has 1 aliphatic heterocycles. The van der Waals surface area contributed by atoms with Crippen LogP contribution in [0.5, 0.6) is 0 Å². The average molecular weight is 454 g/mol. The van der Waals surface area contributed by atoms with E-state index in [9.17, 15) is 19.5 Å². The minimum Gasteiger partial charge on any atom is -0.478 e. The molecular weight excluding hydrogens is 438 g/mol. The number of nitrogens with zero attached hydrogens (tertiary/aromatic N) is 1. The summed E-state index contributed by atoms with van der Waals surface area (Å²) >= 11 is 6.77. The number of aromatic carboxylic acids is 1. The first kappa shape index (κ1) is 21.0. The van der Waals surface area contributed by atoms with E-state index in [0.29, 0.717) is 17.1 Å². The largest absolute Gasteiger partial charge is 0.478 e. The SMILES string of the molecule is Cc1cccc(CN2C(=O)S/C(=C/c3ccc(-c4ccc(Cl)c(C(=O)O)c4)o3)C2=O)c1. The summed E-state index contributed by atoms with van der Waals surface area (Å²) < 4.78 is 5.75. The number of amides is 2. The first-order valence-corrected chi connectivity index (χ1v) is 10.5. The Balaban J connectivity index is 1.55. The molecule has 1 fully saturated rings. The average Bonchev–Trinajstić information content (AvgIpc) is 3.29. The van der Waals surface area contributed by atoms with Gasteiger partial charge in [-0.05, 0) is 54.6 Å². The summed E-state index contributed by atoms with van der Waals surface area (Å²) in [4.78, 5) is 37.9. The van der Waals surface area contributed by atoms with Crippen LogP contribution in [0.15, 0.2) is 63.9 Å². The van der Waals surface area contributed by atoms with E-state index in [4.69, 9.17) is 16.0 Å². The number of carbonyl (C=O) groups excluding carboxylic acids is 2. The fourth-order valence-corrected chi connectivity index (χ4v) is 4.20. The number of furan rings is 1. The molecule has 1 saturated heterocycles. The van der Waals surface area contributed by atoms with Crippen molar-refractivity contribution in [1.29, 1.82) is 0 Å². The van der Waals surface area contributed by atoms with Crippen molar-refractivity contribution in [3.63, 3.8) is 0 Å². The molecule has 0 spiro atoms. The van der Waals surface area contributed by atoms with E-state index in [0.717, 1.165) is 22.9 Å². The van der Waals surface area contributed by atoms with Crippen molar-refractivity contribution < 1.29 is 23.9 Å². The Bertz CT molecular complexity index is 1250. The molecule has 0 aliphatic carbocycles. The lowest BCUT2D eigenvalue weighted by Crippen LogP contribution is -2.27. The zero-order chi connectivity index (χ0) is 22.1. The normalized spacial score (nSPS) is 15.2. The van der Waals surface area contributed by atoms with Gasteiger partial charge in [0.2, 0.25) is 0 Å². The summed E-state index contributed by atoms with van der Waals surface area (Å²) in [5.74, 6) is -0.720. The molecule has 0 atom stereocenters. The molecule has 0 radical (unpaired) electrons. The molecule has 156 valence electrons. The molecule has 8 heteroatoms. The van der Waals surface area contributed by atoms with Gasteiger partial charge in [0.1, 0.15) is 11.5 Å². The number of imide groups is 1. The number of carbonyl (C=O) groups is 3. The molecule has 0 unspecified atom stereocenters. The second kappa shape index (κ2) is 8.45. The molecule has 3 aromatic rings. The number of hydrogen-bond donors (Lipinski definition) is 1. The first-order valence-electron chi connectivity index (χ1n) is 9.26. The Morgan fingerprint density at radius 1 is 1.16 bits per heavy atom. The van der Waals surface area contributed by atoms with Crippen molar-refractivity contribution in [1.82, 2.24) is 4.90 Å². The molecule has 1 aromatic heterocycles. The first-order chi connectivity index (χ1) is 14.8. The lowest BCUT2D eigenvalue weighted by Gasteiger charge is -2.12. The third kappa shape index (κ3) is 4.42. The minimum atomic E-state index is -1.14. The van der Waals surface area contributed by atoms with Crippen molar-refractivity contribution in [2.24, 2.45) is 0 Å². The summed E-state index contributed by atoms with van der Waals surface area (Å²) in [7, 11) is 0. The molecule has 4 rings (SSSR count). The zero-order valence-corrected chi connectivity index (χ0v) is 17.9. The number of carboxylic acid groups (broad SMARTS) is 1. The van der Waals surface area contributed by atoms with Gasteiger partial charge in [-0.15, -0.1) is 0 Å². The maximum absolute atomic E-state index is 12.7. The second-order valence-electron chi connectivity index (χ2n) is 6.96. The van der Waals surface area contributed by atoms with Gasteiger partial charge in [-0.2, -0.15) is 0 Å². The maximum Gasteiger partial charge on any atom is 0.337 e. The lowest BCUT2D eigenvalue weighted by atomic mass is 10.1. The third-order valence-electron chi connectivity index (χ3n) is 4.68. The molecular formula is C23H16ClNO5S. The van der Waals surface area contributed by atoms with E-state index >= 15 is 0 Å². The monoisotopic (exact) mass is 453 g/mol. The highest BCUT2D eigenvalue weighted by atomic mass is 35.5. The van der Waals surface area contributed by atoms with Gasteiger partial charge >= 0.3 is 5.97 Å². The van der Waals surface area contributed by atoms with Gasteiger partial charge in [-0.25, -0.2) is 4.79 Å². The van der Waals surface area contributed by atoms with Gasteiger partial charge in [-0.1, -0.05) is 41.4 Å². The van der Waals surface area contributed by atoms with Gasteiger partial charge in [0, 0.05) is 11.6 Å². The molecule has 0 bridgehead atoms. The summed E-state index contributed by atoms with van der Waals surface area (Å²) in [6, 6.07) is 15.5. The minimum absolute atomic E-state index is 0.0330. The van der Waals surface area contributed by atoms with Gasteiger partial charge < -0.3 is 9.52 Å². The van der Waals surface area contributed by atoms with E-state index in [1.54, 1.807) is 18.2 Å². The zero-order valence-electron chi connectivity index (χ0n) is 16.3. The number of benzene rings is 2. The van der Waals surface area contributed by atoms with Gasteiger partial charge in [0.05, 0.1) is 22.0 Å². The van der Waals surface area contributed by atoms with Crippen molar-refractivity contribution in [3.05, 3.63) is 87.0 Å². The molecule has 2 heterocycles. The van der Waals surface area contributed by atoms with E-state index in [1.165, 1.54) is 23.1 Å². The van der Waals surface area contributed by atoms with Crippen LogP contribution in [-0.2, 0) is 11.3 Å². The number of carboxylic acids is 1. The second-order valence-corrected chi connectivity index (χ2v) is 8.36. The molecule has 0 saturated carbocycles. The van der Waals surface area contributed by atoms with Crippen LogP contribution in [-0.4, -0.2) is 27.1 Å². The van der Waals surface area contributed by atoms with E-state index in [1.807, 2.05) is 31.2 Å². The molecule has 1 N–H and O–H groups in total. The number of rotatable bonds is 5. The maximum atomic E-state index is 12.7. The van der Waals surface area contributed by atoms with Gasteiger partial charge in [0.15, 0.2) is 0 Å². The van der Waals surface area contributed by atoms with Crippen molar-refractivity contribution in [2.75, 3.05) is 0 Å². The summed E-state index contributed by atoms with van der Waals surface area (Å²) in [5.41, 5.74) is 2.43. The Morgan fingerprint density at radius 2 is 1.97 bits per heavy atom.